The number of benzene rings is 2. The third-order valence-electron chi connectivity index (χ3n) is 3.90. The second kappa shape index (κ2) is 7.99. The molecule has 2 aromatic carbocycles. The third kappa shape index (κ3) is 4.12. The molecule has 3 rings (SSSR count). The highest BCUT2D eigenvalue weighted by Crippen LogP contribution is 2.26. The molecule has 0 aliphatic heterocycles. The minimum Gasteiger partial charge on any atom is -0.496 e. The predicted molar refractivity (Wildman–Crippen MR) is 100 cm³/mol. The van der Waals surface area contributed by atoms with E-state index in [1.165, 1.54) is 27.8 Å². The first-order valence-electron chi connectivity index (χ1n) is 7.90. The van der Waals surface area contributed by atoms with Gasteiger partial charge < -0.3 is 4.74 Å². The van der Waals surface area contributed by atoms with Crippen LogP contribution in [0.4, 0.5) is 4.39 Å². The normalized spacial score (nSPS) is 11.7. The van der Waals surface area contributed by atoms with Gasteiger partial charge in [-0.2, -0.15) is 4.31 Å². The molecule has 4 nitrogen and oxygen atoms in total. The Kier molecular flexibility index (Phi) is 5.70. The van der Waals surface area contributed by atoms with E-state index in [1.54, 1.807) is 13.2 Å². The van der Waals surface area contributed by atoms with E-state index < -0.39 is 15.8 Å². The van der Waals surface area contributed by atoms with Gasteiger partial charge in [-0.25, -0.2) is 12.8 Å². The van der Waals surface area contributed by atoms with E-state index in [9.17, 15) is 12.8 Å². The Morgan fingerprint density at radius 3 is 2.38 bits per heavy atom. The summed E-state index contributed by atoms with van der Waals surface area (Å²) in [5.74, 6) is 0.150. The number of nitrogens with zero attached hydrogens (tertiary/aromatic N) is 1. The quantitative estimate of drug-likeness (QED) is 0.604. The highest BCUT2D eigenvalue weighted by molar-refractivity contribution is 7.89. The minimum absolute atomic E-state index is 0.0605. The Hall–Kier alpha value is -2.22. The summed E-state index contributed by atoms with van der Waals surface area (Å²) in [5, 5.41) is 1.90. The zero-order valence-electron chi connectivity index (χ0n) is 14.1. The number of ether oxygens (including phenoxy) is 1. The van der Waals surface area contributed by atoms with Gasteiger partial charge in [0.05, 0.1) is 12.0 Å². The lowest BCUT2D eigenvalue weighted by Gasteiger charge is -2.23. The van der Waals surface area contributed by atoms with Crippen molar-refractivity contribution in [1.82, 2.24) is 4.31 Å². The zero-order valence-corrected chi connectivity index (χ0v) is 15.8. The molecule has 0 N–H and O–H groups in total. The fourth-order valence-electron chi connectivity index (χ4n) is 2.58. The van der Waals surface area contributed by atoms with E-state index >= 15 is 0 Å². The Balaban J connectivity index is 1.98. The maximum atomic E-state index is 13.2. The van der Waals surface area contributed by atoms with Crippen molar-refractivity contribution >= 4 is 21.4 Å². The molecule has 0 radical (unpaired) electrons. The van der Waals surface area contributed by atoms with Crippen molar-refractivity contribution in [3.8, 4) is 5.75 Å². The summed E-state index contributed by atoms with van der Waals surface area (Å²) in [6.45, 7) is 0.386. The maximum Gasteiger partial charge on any atom is 0.243 e. The Morgan fingerprint density at radius 2 is 1.73 bits per heavy atom. The van der Waals surface area contributed by atoms with Crippen LogP contribution in [0.1, 0.15) is 10.4 Å². The van der Waals surface area contributed by atoms with Gasteiger partial charge in [-0.1, -0.05) is 24.3 Å². The summed E-state index contributed by atoms with van der Waals surface area (Å²) in [7, 11) is -2.25. The van der Waals surface area contributed by atoms with Gasteiger partial charge in [0.25, 0.3) is 0 Å². The van der Waals surface area contributed by atoms with Crippen molar-refractivity contribution in [1.29, 1.82) is 0 Å². The maximum absolute atomic E-state index is 13.2. The summed E-state index contributed by atoms with van der Waals surface area (Å²) in [4.78, 5) is 0.982. The molecule has 0 bridgehead atoms. The van der Waals surface area contributed by atoms with Crippen LogP contribution in [0.15, 0.2) is 70.9 Å². The van der Waals surface area contributed by atoms with E-state index in [1.807, 2.05) is 35.7 Å². The average Bonchev–Trinajstić information content (AvgIpc) is 3.15. The molecule has 0 spiro atoms. The molecule has 0 saturated heterocycles. The van der Waals surface area contributed by atoms with Crippen molar-refractivity contribution in [2.75, 3.05) is 7.11 Å². The second-order valence-corrected chi connectivity index (χ2v) is 8.59. The lowest BCUT2D eigenvalue weighted by molar-refractivity contribution is 0.377. The predicted octanol–water partition coefficient (Wildman–Crippen LogP) is 4.29. The van der Waals surface area contributed by atoms with E-state index in [-0.39, 0.29) is 18.0 Å². The number of hydrogen-bond acceptors (Lipinski definition) is 4. The number of halogens is 1. The Morgan fingerprint density at radius 1 is 1.00 bits per heavy atom. The van der Waals surface area contributed by atoms with E-state index in [4.69, 9.17) is 4.74 Å². The van der Waals surface area contributed by atoms with Crippen LogP contribution in [0.3, 0.4) is 0 Å². The smallest absolute Gasteiger partial charge is 0.243 e. The highest BCUT2D eigenvalue weighted by Gasteiger charge is 2.26. The molecule has 3 aromatic rings. The van der Waals surface area contributed by atoms with Crippen LogP contribution in [-0.2, 0) is 23.1 Å². The number of methoxy groups -OCH3 is 1. The van der Waals surface area contributed by atoms with E-state index in [0.717, 1.165) is 22.6 Å². The molecule has 7 heteroatoms. The first-order chi connectivity index (χ1) is 12.5. The van der Waals surface area contributed by atoms with Gasteiger partial charge in [0.15, 0.2) is 0 Å². The third-order valence-corrected chi connectivity index (χ3v) is 6.57. The molecule has 0 amide bonds. The van der Waals surface area contributed by atoms with Crippen LogP contribution in [0.25, 0.3) is 0 Å². The Labute approximate surface area is 156 Å². The molecule has 26 heavy (non-hydrogen) atoms. The largest absolute Gasteiger partial charge is 0.496 e. The van der Waals surface area contributed by atoms with Crippen molar-refractivity contribution in [2.45, 2.75) is 18.0 Å². The van der Waals surface area contributed by atoms with E-state index in [2.05, 4.69) is 0 Å². The minimum atomic E-state index is -3.80. The molecule has 0 aliphatic carbocycles. The lowest BCUT2D eigenvalue weighted by atomic mass is 10.2. The van der Waals surface area contributed by atoms with Gasteiger partial charge in [0.2, 0.25) is 10.0 Å². The van der Waals surface area contributed by atoms with E-state index in [0.29, 0.717) is 5.75 Å². The molecule has 1 aromatic heterocycles. The molecule has 0 fully saturated rings. The first kappa shape index (κ1) is 18.6. The van der Waals surface area contributed by atoms with Gasteiger partial charge in [0.1, 0.15) is 11.6 Å². The molecule has 0 unspecified atom stereocenters. The monoisotopic (exact) mass is 391 g/mol. The molecular formula is C19H18FNO3S2. The van der Waals surface area contributed by atoms with Gasteiger partial charge in [-0.05, 0) is 41.8 Å². The van der Waals surface area contributed by atoms with Crippen molar-refractivity contribution in [3.05, 3.63) is 82.3 Å². The topological polar surface area (TPSA) is 46.6 Å². The first-order valence-corrected chi connectivity index (χ1v) is 10.2. The fraction of sp³-hybridized carbons (Fsp3) is 0.158. The van der Waals surface area contributed by atoms with Crippen molar-refractivity contribution in [3.63, 3.8) is 0 Å². The van der Waals surface area contributed by atoms with Crippen LogP contribution >= 0.6 is 11.3 Å². The molecule has 0 saturated carbocycles. The van der Waals surface area contributed by atoms with Gasteiger partial charge >= 0.3 is 0 Å². The number of para-hydroxylation sites is 1. The van der Waals surface area contributed by atoms with Crippen LogP contribution in [0.5, 0.6) is 5.75 Å². The second-order valence-electron chi connectivity index (χ2n) is 5.62. The number of hydrogen-bond donors (Lipinski definition) is 0. The summed E-state index contributed by atoms with van der Waals surface area (Å²) in [6, 6.07) is 15.9. The molecule has 1 heterocycles. The van der Waals surface area contributed by atoms with Crippen molar-refractivity contribution < 1.29 is 17.5 Å². The van der Waals surface area contributed by atoms with Crippen LogP contribution in [0, 0.1) is 5.82 Å². The number of rotatable bonds is 7. The zero-order chi connectivity index (χ0) is 18.6. The summed E-state index contributed by atoms with van der Waals surface area (Å²) < 4.78 is 46.2. The highest BCUT2D eigenvalue weighted by atomic mass is 32.2. The van der Waals surface area contributed by atoms with Gasteiger partial charge in [-0.3, -0.25) is 0 Å². The van der Waals surface area contributed by atoms with Crippen molar-refractivity contribution in [2.24, 2.45) is 0 Å². The summed E-state index contributed by atoms with van der Waals surface area (Å²) in [6.07, 6.45) is 0. The average molecular weight is 391 g/mol. The molecule has 136 valence electrons. The number of sulfonamides is 1. The SMILES string of the molecule is COc1ccccc1CN(Cc1cccs1)S(=O)(=O)c1ccc(F)cc1. The summed E-state index contributed by atoms with van der Waals surface area (Å²) in [5.41, 5.74) is 0.761. The van der Waals surface area contributed by atoms with Gasteiger partial charge in [0, 0.05) is 23.5 Å². The van der Waals surface area contributed by atoms with Crippen LogP contribution in [0.2, 0.25) is 0 Å². The molecular weight excluding hydrogens is 373 g/mol. The number of thiophene rings is 1. The molecule has 0 atom stereocenters. The lowest BCUT2D eigenvalue weighted by Crippen LogP contribution is -2.30. The van der Waals surface area contributed by atoms with Crippen LogP contribution in [-0.4, -0.2) is 19.8 Å². The summed E-state index contributed by atoms with van der Waals surface area (Å²) >= 11 is 1.49. The van der Waals surface area contributed by atoms with Crippen LogP contribution < -0.4 is 4.74 Å². The fourth-order valence-corrected chi connectivity index (χ4v) is 4.78. The van der Waals surface area contributed by atoms with Gasteiger partial charge in [-0.15, -0.1) is 11.3 Å². The molecule has 0 aliphatic rings. The Bertz CT molecular complexity index is 955. The standard InChI is InChI=1S/C19H18FNO3S2/c1-24-19-7-3-2-5-15(19)13-21(14-17-6-4-12-25-17)26(22,23)18-10-8-16(20)9-11-18/h2-12H,13-14H2,1H3.